The normalized spacial score (nSPS) is 15.5. The Morgan fingerprint density at radius 3 is 2.46 bits per heavy atom. The largest absolute Gasteiger partial charge is 0.444 e. The minimum absolute atomic E-state index is 0.184. The van der Waals surface area contributed by atoms with Crippen LogP contribution < -0.4 is 5.32 Å². The number of halogens is 1. The zero-order valence-corrected chi connectivity index (χ0v) is 23.2. The van der Waals surface area contributed by atoms with Crippen molar-refractivity contribution in [3.8, 4) is 0 Å². The molecule has 3 aromatic rings. The third kappa shape index (κ3) is 6.64. The predicted molar refractivity (Wildman–Crippen MR) is 153 cm³/mol. The van der Waals surface area contributed by atoms with E-state index in [1.807, 2.05) is 69.3 Å². The van der Waals surface area contributed by atoms with E-state index in [9.17, 15) is 9.59 Å². The van der Waals surface area contributed by atoms with Crippen molar-refractivity contribution in [1.29, 1.82) is 0 Å². The van der Waals surface area contributed by atoms with E-state index < -0.39 is 5.60 Å². The number of hydrogen-bond donors (Lipinski definition) is 1. The van der Waals surface area contributed by atoms with Gasteiger partial charge in [0.25, 0.3) is 5.91 Å². The summed E-state index contributed by atoms with van der Waals surface area (Å²) < 4.78 is 5.48. The molecular formula is C30H32ClN5O3. The van der Waals surface area contributed by atoms with Crippen molar-refractivity contribution in [3.63, 3.8) is 0 Å². The lowest BCUT2D eigenvalue weighted by Gasteiger charge is -2.35. The van der Waals surface area contributed by atoms with Crippen LogP contribution in [0.5, 0.6) is 0 Å². The van der Waals surface area contributed by atoms with Crippen LogP contribution >= 0.6 is 11.6 Å². The first-order valence-corrected chi connectivity index (χ1v) is 13.4. The molecule has 0 saturated carbocycles. The molecule has 2 aliphatic heterocycles. The molecule has 2 amide bonds. The van der Waals surface area contributed by atoms with Crippen molar-refractivity contribution in [2.24, 2.45) is 4.99 Å². The van der Waals surface area contributed by atoms with Gasteiger partial charge in [0.15, 0.2) is 0 Å². The number of para-hydroxylation sites is 1. The number of hydrogen-bond acceptors (Lipinski definition) is 6. The second kappa shape index (κ2) is 11.2. The molecule has 0 atom stereocenters. The van der Waals surface area contributed by atoms with Crippen LogP contribution in [-0.4, -0.2) is 64.3 Å². The number of carbonyl (C=O) groups is 2. The first-order valence-electron chi connectivity index (χ1n) is 13.1. The molecule has 0 bridgehead atoms. The van der Waals surface area contributed by atoms with Gasteiger partial charge in [0, 0.05) is 56.5 Å². The molecule has 0 spiro atoms. The molecule has 0 radical (unpaired) electrons. The molecular weight excluding hydrogens is 514 g/mol. The highest BCUT2D eigenvalue weighted by Gasteiger charge is 2.26. The summed E-state index contributed by atoms with van der Waals surface area (Å²) >= 11 is 6.06. The number of fused-ring (bicyclic) bond motifs is 1. The first kappa shape index (κ1) is 26.8. The predicted octanol–water partition coefficient (Wildman–Crippen LogP) is 5.72. The van der Waals surface area contributed by atoms with E-state index in [0.29, 0.717) is 35.9 Å². The van der Waals surface area contributed by atoms with Gasteiger partial charge < -0.3 is 15.0 Å². The van der Waals surface area contributed by atoms with Crippen LogP contribution in [0.15, 0.2) is 65.8 Å². The van der Waals surface area contributed by atoms with Crippen molar-refractivity contribution < 1.29 is 14.3 Å². The molecule has 2 aromatic carbocycles. The Hall–Kier alpha value is -3.75. The van der Waals surface area contributed by atoms with Gasteiger partial charge in [-0.05, 0) is 62.2 Å². The van der Waals surface area contributed by atoms with Crippen LogP contribution in [-0.2, 0) is 17.7 Å². The summed E-state index contributed by atoms with van der Waals surface area (Å²) in [5.41, 5.74) is 5.52. The summed E-state index contributed by atoms with van der Waals surface area (Å²) in [6, 6.07) is 17.2. The molecule has 9 heteroatoms. The average Bonchev–Trinajstić information content (AvgIpc) is 3.34. The maximum absolute atomic E-state index is 13.1. The fourth-order valence-electron chi connectivity index (χ4n) is 4.70. The maximum Gasteiger partial charge on any atom is 0.410 e. The number of amides is 2. The highest BCUT2D eigenvalue weighted by atomic mass is 35.5. The number of piperazine rings is 1. The Bertz CT molecular complexity index is 1410. The van der Waals surface area contributed by atoms with E-state index in [1.54, 1.807) is 17.2 Å². The number of nitrogens with zero attached hydrogens (tertiary/aromatic N) is 4. The van der Waals surface area contributed by atoms with Gasteiger partial charge in [0.1, 0.15) is 10.8 Å². The number of aliphatic imine (C=N–C) groups is 1. The molecule has 0 unspecified atom stereocenters. The standard InChI is InChI=1S/C30H32ClN5O3/c1-30(2,3)39-29(38)36-15-13-35(14-16-36)19-20-7-9-21(10-8-20)28(37)34-24-6-4-5-23-17-25(33-27(23)24)22-11-12-32-26(31)18-22/h4-12,18H,13-17,19H2,1-3H3,(H,34,37). The summed E-state index contributed by atoms with van der Waals surface area (Å²) in [5.74, 6) is -0.184. The third-order valence-electron chi connectivity index (χ3n) is 6.68. The Morgan fingerprint density at radius 2 is 1.77 bits per heavy atom. The van der Waals surface area contributed by atoms with Crippen molar-refractivity contribution in [2.75, 3.05) is 31.5 Å². The molecule has 1 fully saturated rings. The number of aromatic nitrogens is 1. The highest BCUT2D eigenvalue weighted by molar-refractivity contribution is 6.29. The lowest BCUT2D eigenvalue weighted by Crippen LogP contribution is -2.49. The lowest BCUT2D eigenvalue weighted by atomic mass is 10.0. The fourth-order valence-corrected chi connectivity index (χ4v) is 4.87. The van der Waals surface area contributed by atoms with Crippen LogP contribution in [0, 0.1) is 0 Å². The molecule has 8 nitrogen and oxygen atoms in total. The second-order valence-electron chi connectivity index (χ2n) is 10.8. The lowest BCUT2D eigenvalue weighted by molar-refractivity contribution is 0.0139. The molecule has 0 aliphatic carbocycles. The monoisotopic (exact) mass is 545 g/mol. The molecule has 5 rings (SSSR count). The van der Waals surface area contributed by atoms with Gasteiger partial charge in [-0.15, -0.1) is 0 Å². The molecule has 1 saturated heterocycles. The van der Waals surface area contributed by atoms with E-state index >= 15 is 0 Å². The third-order valence-corrected chi connectivity index (χ3v) is 6.89. The molecule has 39 heavy (non-hydrogen) atoms. The average molecular weight is 546 g/mol. The Labute approximate surface area is 233 Å². The second-order valence-corrected chi connectivity index (χ2v) is 11.2. The van der Waals surface area contributed by atoms with Crippen LogP contribution in [0.3, 0.4) is 0 Å². The Kier molecular flexibility index (Phi) is 7.68. The summed E-state index contributed by atoms with van der Waals surface area (Å²) in [6.45, 7) is 9.20. The van der Waals surface area contributed by atoms with Gasteiger partial charge >= 0.3 is 6.09 Å². The SMILES string of the molecule is CC(C)(C)OC(=O)N1CCN(Cc2ccc(C(=O)Nc3cccc4c3N=C(c3ccnc(Cl)c3)C4)cc2)CC1. The topological polar surface area (TPSA) is 87.1 Å². The zero-order valence-electron chi connectivity index (χ0n) is 22.4. The van der Waals surface area contributed by atoms with Crippen LogP contribution in [0.2, 0.25) is 5.15 Å². The van der Waals surface area contributed by atoms with E-state index in [4.69, 9.17) is 21.3 Å². The summed E-state index contributed by atoms with van der Waals surface area (Å²) in [5, 5.41) is 3.45. The smallest absolute Gasteiger partial charge is 0.410 e. The van der Waals surface area contributed by atoms with Gasteiger partial charge in [-0.25, -0.2) is 14.8 Å². The van der Waals surface area contributed by atoms with E-state index in [1.165, 1.54) is 0 Å². The molecule has 3 heterocycles. The van der Waals surface area contributed by atoms with Crippen LogP contribution in [0.25, 0.3) is 0 Å². The van der Waals surface area contributed by atoms with Crippen molar-refractivity contribution in [3.05, 3.63) is 88.2 Å². The number of benzene rings is 2. The number of nitrogens with one attached hydrogen (secondary N) is 1. The van der Waals surface area contributed by atoms with Gasteiger partial charge in [-0.1, -0.05) is 35.9 Å². The fraction of sp³-hybridized carbons (Fsp3) is 0.333. The van der Waals surface area contributed by atoms with Crippen molar-refractivity contribution in [2.45, 2.75) is 39.3 Å². The molecule has 1 N–H and O–H groups in total. The Balaban J connectivity index is 1.18. The number of rotatable bonds is 5. The minimum atomic E-state index is -0.492. The minimum Gasteiger partial charge on any atom is -0.444 e. The summed E-state index contributed by atoms with van der Waals surface area (Å²) in [4.78, 5) is 38.3. The summed E-state index contributed by atoms with van der Waals surface area (Å²) in [6.07, 6.45) is 2.07. The van der Waals surface area contributed by atoms with Gasteiger partial charge in [0.05, 0.1) is 17.1 Å². The van der Waals surface area contributed by atoms with Gasteiger partial charge in [-0.2, -0.15) is 0 Å². The van der Waals surface area contributed by atoms with E-state index in [0.717, 1.165) is 47.7 Å². The van der Waals surface area contributed by atoms with Crippen molar-refractivity contribution >= 4 is 40.7 Å². The number of anilines is 1. The highest BCUT2D eigenvalue weighted by Crippen LogP contribution is 2.36. The molecule has 1 aromatic heterocycles. The van der Waals surface area contributed by atoms with E-state index in [2.05, 4.69) is 15.2 Å². The van der Waals surface area contributed by atoms with Crippen molar-refractivity contribution in [1.82, 2.24) is 14.8 Å². The number of ether oxygens (including phenoxy) is 1. The van der Waals surface area contributed by atoms with Gasteiger partial charge in [0.2, 0.25) is 0 Å². The molecule has 202 valence electrons. The number of pyridine rings is 1. The van der Waals surface area contributed by atoms with Crippen LogP contribution in [0.4, 0.5) is 16.2 Å². The quantitative estimate of drug-likeness (QED) is 0.414. The zero-order chi connectivity index (χ0) is 27.6. The maximum atomic E-state index is 13.1. The Morgan fingerprint density at radius 1 is 1.03 bits per heavy atom. The first-order chi connectivity index (χ1) is 18.6. The van der Waals surface area contributed by atoms with Crippen LogP contribution in [0.1, 0.15) is 47.8 Å². The number of carbonyl (C=O) groups excluding carboxylic acids is 2. The molecule has 2 aliphatic rings. The van der Waals surface area contributed by atoms with Gasteiger partial charge in [-0.3, -0.25) is 9.69 Å². The van der Waals surface area contributed by atoms with E-state index in [-0.39, 0.29) is 12.0 Å². The summed E-state index contributed by atoms with van der Waals surface area (Å²) in [7, 11) is 0.